The molecule has 4 rings (SSSR count). The highest BCUT2D eigenvalue weighted by molar-refractivity contribution is 6.44. The van der Waals surface area contributed by atoms with E-state index in [2.05, 4.69) is 5.32 Å². The van der Waals surface area contributed by atoms with Gasteiger partial charge in [0.2, 0.25) is 5.91 Å². The number of aromatic carboxylic acids is 1. The van der Waals surface area contributed by atoms with Crippen molar-refractivity contribution < 1.29 is 34.6 Å². The number of rotatable bonds is 10. The molecule has 7 N–H and O–H groups in total. The normalized spacial score (nSPS) is 26.6. The molecule has 2 aliphatic carbocycles. The van der Waals surface area contributed by atoms with Gasteiger partial charge in [-0.25, -0.2) is 4.79 Å². The molecule has 1 heterocycles. The van der Waals surface area contributed by atoms with Crippen LogP contribution in [0.5, 0.6) is 11.5 Å². The first kappa shape index (κ1) is 24.8. The molecular weight excluding hydrogens is 441 g/mol. The van der Waals surface area contributed by atoms with Crippen molar-refractivity contribution in [2.45, 2.75) is 62.4 Å². The first-order chi connectivity index (χ1) is 16.3. The van der Waals surface area contributed by atoms with E-state index in [1.807, 2.05) is 0 Å². The van der Waals surface area contributed by atoms with Gasteiger partial charge in [-0.2, -0.15) is 0 Å². The minimum atomic E-state index is -1.50. The van der Waals surface area contributed by atoms with Crippen molar-refractivity contribution in [3.63, 3.8) is 0 Å². The Balaban J connectivity index is 1.27. The molecule has 1 aromatic rings. The predicted octanol–water partition coefficient (Wildman–Crippen LogP) is 0.508. The summed E-state index contributed by atoms with van der Waals surface area (Å²) in [5, 5.41) is 42.2. The van der Waals surface area contributed by atoms with Crippen LogP contribution < -0.4 is 15.8 Å². The SMILES string of the molecule is NCCNC1CCC(CC(=O)N2CC(Oc3ccc([C@@H]4C[C@@H]4B(O)O)c(O)c3C(=O)O)C2)CC1. The van der Waals surface area contributed by atoms with E-state index >= 15 is 0 Å². The van der Waals surface area contributed by atoms with Crippen LogP contribution in [0.25, 0.3) is 0 Å². The second-order valence-corrected chi connectivity index (χ2v) is 9.80. The highest BCUT2D eigenvalue weighted by Crippen LogP contribution is 2.56. The average Bonchev–Trinajstić information content (AvgIpc) is 3.56. The molecule has 34 heavy (non-hydrogen) atoms. The van der Waals surface area contributed by atoms with Crippen molar-refractivity contribution in [3.05, 3.63) is 23.3 Å². The van der Waals surface area contributed by atoms with E-state index in [1.165, 1.54) is 6.07 Å². The summed E-state index contributed by atoms with van der Waals surface area (Å²) in [5.41, 5.74) is 5.58. The van der Waals surface area contributed by atoms with Crippen LogP contribution >= 0.6 is 0 Å². The monoisotopic (exact) mass is 475 g/mol. The van der Waals surface area contributed by atoms with Crippen LogP contribution in [0.15, 0.2) is 12.1 Å². The number of benzene rings is 1. The second kappa shape index (κ2) is 10.5. The van der Waals surface area contributed by atoms with Crippen molar-refractivity contribution in [1.82, 2.24) is 10.2 Å². The van der Waals surface area contributed by atoms with Crippen molar-refractivity contribution in [3.8, 4) is 11.5 Å². The van der Waals surface area contributed by atoms with Gasteiger partial charge in [-0.3, -0.25) is 4.79 Å². The third-order valence-electron chi connectivity index (χ3n) is 7.39. The lowest BCUT2D eigenvalue weighted by Crippen LogP contribution is -2.56. The maximum atomic E-state index is 12.6. The lowest BCUT2D eigenvalue weighted by Gasteiger charge is -2.40. The molecule has 1 amide bonds. The molecule has 0 radical (unpaired) electrons. The summed E-state index contributed by atoms with van der Waals surface area (Å²) in [4.78, 5) is 26.2. The van der Waals surface area contributed by atoms with Crippen LogP contribution in [0.3, 0.4) is 0 Å². The highest BCUT2D eigenvalue weighted by atomic mass is 16.5. The lowest BCUT2D eigenvalue weighted by molar-refractivity contribution is -0.141. The number of ether oxygens (including phenoxy) is 1. The van der Waals surface area contributed by atoms with Crippen molar-refractivity contribution in [2.75, 3.05) is 26.2 Å². The van der Waals surface area contributed by atoms with E-state index in [1.54, 1.807) is 11.0 Å². The first-order valence-electron chi connectivity index (χ1n) is 12.1. The van der Waals surface area contributed by atoms with Gasteiger partial charge in [0, 0.05) is 31.4 Å². The fraction of sp³-hybridized carbons (Fsp3) is 0.652. The van der Waals surface area contributed by atoms with Gasteiger partial charge in [-0.15, -0.1) is 0 Å². The molecule has 10 nitrogen and oxygen atoms in total. The third-order valence-corrected chi connectivity index (χ3v) is 7.39. The van der Waals surface area contributed by atoms with Crippen LogP contribution in [-0.4, -0.2) is 82.5 Å². The summed E-state index contributed by atoms with van der Waals surface area (Å²) in [6.45, 7) is 2.22. The zero-order valence-corrected chi connectivity index (χ0v) is 19.2. The van der Waals surface area contributed by atoms with Crippen LogP contribution in [-0.2, 0) is 4.79 Å². The number of carbonyl (C=O) groups excluding carboxylic acids is 1. The Hall–Kier alpha value is -2.34. The lowest BCUT2D eigenvalue weighted by atomic mass is 9.81. The number of carbonyl (C=O) groups is 2. The molecular formula is C23H34BN3O7. The van der Waals surface area contributed by atoms with E-state index < -0.39 is 24.7 Å². The molecule has 3 aliphatic rings. The Morgan fingerprint density at radius 1 is 1.18 bits per heavy atom. The number of likely N-dealkylation sites (tertiary alicyclic amines) is 1. The first-order valence-corrected chi connectivity index (χ1v) is 12.1. The van der Waals surface area contributed by atoms with E-state index in [4.69, 9.17) is 10.5 Å². The van der Waals surface area contributed by atoms with E-state index in [0.717, 1.165) is 32.2 Å². The number of nitrogens with zero attached hydrogens (tertiary/aromatic N) is 1. The molecule has 2 saturated carbocycles. The van der Waals surface area contributed by atoms with E-state index in [-0.39, 0.29) is 29.2 Å². The summed E-state index contributed by atoms with van der Waals surface area (Å²) in [5.74, 6) is -1.90. The Kier molecular flexibility index (Phi) is 7.66. The van der Waals surface area contributed by atoms with Gasteiger partial charge in [0.1, 0.15) is 23.2 Å². The topological polar surface area (TPSA) is 166 Å². The Morgan fingerprint density at radius 2 is 1.88 bits per heavy atom. The Morgan fingerprint density at radius 3 is 2.47 bits per heavy atom. The predicted molar refractivity (Wildman–Crippen MR) is 125 cm³/mol. The number of phenols is 1. The van der Waals surface area contributed by atoms with Crippen molar-refractivity contribution >= 4 is 19.0 Å². The fourth-order valence-electron chi connectivity index (χ4n) is 5.22. The molecule has 0 spiro atoms. The van der Waals surface area contributed by atoms with Crippen LogP contribution in [0, 0.1) is 5.92 Å². The van der Waals surface area contributed by atoms with Crippen LogP contribution in [0.4, 0.5) is 0 Å². The van der Waals surface area contributed by atoms with Crippen molar-refractivity contribution in [1.29, 1.82) is 0 Å². The molecule has 1 saturated heterocycles. The van der Waals surface area contributed by atoms with E-state index in [9.17, 15) is 29.9 Å². The van der Waals surface area contributed by atoms with Gasteiger partial charge in [-0.05, 0) is 55.6 Å². The molecule has 11 heteroatoms. The third kappa shape index (κ3) is 5.48. The molecule has 1 aliphatic heterocycles. The summed E-state index contributed by atoms with van der Waals surface area (Å²) < 4.78 is 5.82. The number of carboxylic acids is 1. The summed E-state index contributed by atoms with van der Waals surface area (Å²) >= 11 is 0. The molecule has 2 atom stereocenters. The number of amides is 1. The van der Waals surface area contributed by atoms with Gasteiger partial charge in [0.05, 0.1) is 13.1 Å². The number of nitrogens with one attached hydrogen (secondary N) is 1. The Labute approximate surface area is 199 Å². The minimum Gasteiger partial charge on any atom is -0.507 e. The smallest absolute Gasteiger partial charge is 0.455 e. The molecule has 186 valence electrons. The number of nitrogens with two attached hydrogens (primary N) is 1. The minimum absolute atomic E-state index is 0.0518. The van der Waals surface area contributed by atoms with Crippen molar-refractivity contribution in [2.24, 2.45) is 11.7 Å². The van der Waals surface area contributed by atoms with Gasteiger partial charge >= 0.3 is 13.1 Å². The zero-order valence-electron chi connectivity index (χ0n) is 19.2. The zero-order chi connectivity index (χ0) is 24.4. The molecule has 0 bridgehead atoms. The number of hydrogen-bond acceptors (Lipinski definition) is 8. The number of hydrogen-bond donors (Lipinski definition) is 6. The van der Waals surface area contributed by atoms with Crippen LogP contribution in [0.2, 0.25) is 5.82 Å². The fourth-order valence-corrected chi connectivity index (χ4v) is 5.22. The summed E-state index contributed by atoms with van der Waals surface area (Å²) in [6.07, 6.45) is 4.80. The quantitative estimate of drug-likeness (QED) is 0.264. The molecule has 3 fully saturated rings. The maximum Gasteiger partial charge on any atom is 0.455 e. The molecule has 0 aromatic heterocycles. The summed E-state index contributed by atoms with van der Waals surface area (Å²) in [6, 6.07) is 3.56. The largest absolute Gasteiger partial charge is 0.507 e. The molecule has 1 aromatic carbocycles. The maximum absolute atomic E-state index is 12.6. The van der Waals surface area contributed by atoms with Gasteiger partial charge < -0.3 is 40.9 Å². The van der Waals surface area contributed by atoms with Crippen LogP contribution in [0.1, 0.15) is 60.4 Å². The summed E-state index contributed by atoms with van der Waals surface area (Å²) in [7, 11) is -1.50. The van der Waals surface area contributed by atoms with Gasteiger partial charge in [0.15, 0.2) is 0 Å². The highest BCUT2D eigenvalue weighted by Gasteiger charge is 2.48. The van der Waals surface area contributed by atoms with Gasteiger partial charge in [-0.1, -0.05) is 6.07 Å². The van der Waals surface area contributed by atoms with Gasteiger partial charge in [0.25, 0.3) is 0 Å². The standard InChI is InChI=1S/C23H34BN3O7/c25-7-8-26-14-3-1-13(2-4-14)9-20(28)27-11-15(12-27)34-19-6-5-16(17-10-18(17)24(32)33)22(29)21(19)23(30)31/h5-6,13-15,17-18,26,29,32-33H,1-4,7-12,25H2,(H,30,31)/t13?,14?,17-,18-/m0/s1. The second-order valence-electron chi connectivity index (χ2n) is 9.80. The number of aromatic hydroxyl groups is 1. The molecule has 0 unspecified atom stereocenters. The Bertz CT molecular complexity index is 901. The average molecular weight is 475 g/mol. The number of carboxylic acid groups (broad SMARTS) is 1. The van der Waals surface area contributed by atoms with E-state index in [0.29, 0.717) is 50.0 Å².